The third-order valence-corrected chi connectivity index (χ3v) is 1.53. The van der Waals surface area contributed by atoms with Crippen LogP contribution in [-0.4, -0.2) is 36.3 Å². The van der Waals surface area contributed by atoms with Crippen LogP contribution in [0.2, 0.25) is 0 Å². The Morgan fingerprint density at radius 2 is 2.33 bits per heavy atom. The van der Waals surface area contributed by atoms with E-state index in [1.807, 2.05) is 31.4 Å². The molecule has 0 aliphatic carbocycles. The highest BCUT2D eigenvalue weighted by molar-refractivity contribution is 5.70. The van der Waals surface area contributed by atoms with Crippen molar-refractivity contribution in [3.05, 3.63) is 12.4 Å². The van der Waals surface area contributed by atoms with E-state index in [0.717, 1.165) is 0 Å². The molecule has 6 heteroatoms. The molecule has 0 saturated carbocycles. The van der Waals surface area contributed by atoms with E-state index in [9.17, 15) is 4.79 Å². The average Bonchev–Trinajstić information content (AvgIpc) is 2.08. The van der Waals surface area contributed by atoms with E-state index in [1.165, 1.54) is 0 Å². The first-order valence-electron chi connectivity index (χ1n) is 3.34. The van der Waals surface area contributed by atoms with Crippen LogP contribution in [-0.2, 0) is 0 Å². The van der Waals surface area contributed by atoms with Crippen molar-refractivity contribution in [2.24, 2.45) is 5.73 Å². The van der Waals surface area contributed by atoms with E-state index >= 15 is 0 Å². The first-order valence-corrected chi connectivity index (χ1v) is 3.34. The Morgan fingerprint density at radius 1 is 1.75 bits per heavy atom. The lowest BCUT2D eigenvalue weighted by Gasteiger charge is -2.25. The van der Waals surface area contributed by atoms with Crippen LogP contribution in [0.4, 0.5) is 4.79 Å². The van der Waals surface area contributed by atoms with Gasteiger partial charge in [0.25, 0.3) is 0 Å². The summed E-state index contributed by atoms with van der Waals surface area (Å²) < 4.78 is 0.339. The Kier molecular flexibility index (Phi) is 3.36. The molecule has 1 unspecified atom stereocenters. The molecule has 1 atom stereocenters. The third kappa shape index (κ3) is 2.60. The van der Waals surface area contributed by atoms with Gasteiger partial charge in [0.2, 0.25) is 0 Å². The van der Waals surface area contributed by atoms with Crippen molar-refractivity contribution in [2.45, 2.75) is 0 Å². The van der Waals surface area contributed by atoms with Gasteiger partial charge in [0.15, 0.2) is 6.67 Å². The van der Waals surface area contributed by atoms with Gasteiger partial charge in [-0.25, -0.2) is 4.79 Å². The predicted molar refractivity (Wildman–Crippen MR) is 40.7 cm³/mol. The second-order valence-electron chi connectivity index (χ2n) is 2.94. The molecule has 1 aliphatic heterocycles. The molecule has 3 N–H and O–H groups in total. The Balaban J connectivity index is 0.00000121. The molecule has 0 aromatic carbocycles. The Labute approximate surface area is 77.8 Å². The number of carbonyl (C=O) groups is 1. The summed E-state index contributed by atoms with van der Waals surface area (Å²) in [5, 5.41) is 0. The summed E-state index contributed by atoms with van der Waals surface area (Å²) in [5.41, 5.74) is 7.58. The number of hydrogen-bond donors (Lipinski definition) is 2. The fraction of sp³-hybridized carbons (Fsp3) is 0.500. The molecule has 70 valence electrons. The largest absolute Gasteiger partial charge is 1.00 e. The predicted octanol–water partition coefficient (Wildman–Crippen LogP) is -3.61. The van der Waals surface area contributed by atoms with Gasteiger partial charge >= 0.3 is 6.03 Å². The molecular formula is C6H13ClN4O. The molecule has 0 fully saturated rings. The van der Waals surface area contributed by atoms with E-state index in [4.69, 9.17) is 5.73 Å². The second-order valence-corrected chi connectivity index (χ2v) is 2.94. The van der Waals surface area contributed by atoms with Crippen LogP contribution in [0.1, 0.15) is 0 Å². The van der Waals surface area contributed by atoms with Gasteiger partial charge in [-0.15, -0.1) is 0 Å². The van der Waals surface area contributed by atoms with Gasteiger partial charge in [-0.1, -0.05) is 0 Å². The van der Waals surface area contributed by atoms with Gasteiger partial charge in [0, 0.05) is 7.05 Å². The normalized spacial score (nSPS) is 26.7. The Morgan fingerprint density at radius 3 is 2.67 bits per heavy atom. The van der Waals surface area contributed by atoms with Crippen LogP contribution in [0.25, 0.3) is 0 Å². The van der Waals surface area contributed by atoms with Crippen molar-refractivity contribution in [1.82, 2.24) is 10.3 Å². The maximum absolute atomic E-state index is 10.5. The highest BCUT2D eigenvalue weighted by Crippen LogP contribution is 2.08. The van der Waals surface area contributed by atoms with Crippen LogP contribution < -0.4 is 23.6 Å². The highest BCUT2D eigenvalue weighted by atomic mass is 35.5. The molecule has 12 heavy (non-hydrogen) atoms. The summed E-state index contributed by atoms with van der Waals surface area (Å²) in [7, 11) is 3.80. The number of nitrogens with two attached hydrogens (primary N) is 1. The first kappa shape index (κ1) is 11.1. The van der Waals surface area contributed by atoms with Crippen LogP contribution in [0.5, 0.6) is 0 Å². The zero-order valence-electron chi connectivity index (χ0n) is 7.12. The molecule has 0 aromatic rings. The SMILES string of the molecule is CN1C=C[N+](C)(NC(N)=O)C1.[Cl-]. The van der Waals surface area contributed by atoms with E-state index in [0.29, 0.717) is 11.3 Å². The summed E-state index contributed by atoms with van der Waals surface area (Å²) in [6, 6.07) is -0.507. The van der Waals surface area contributed by atoms with Crippen LogP contribution >= 0.6 is 0 Å². The number of urea groups is 1. The van der Waals surface area contributed by atoms with Crippen LogP contribution in [0.15, 0.2) is 12.4 Å². The zero-order valence-corrected chi connectivity index (χ0v) is 7.88. The molecule has 5 nitrogen and oxygen atoms in total. The molecule has 0 spiro atoms. The van der Waals surface area contributed by atoms with Crippen LogP contribution in [0.3, 0.4) is 0 Å². The smallest absolute Gasteiger partial charge is 0.356 e. The molecule has 0 saturated heterocycles. The average molecular weight is 193 g/mol. The monoisotopic (exact) mass is 192 g/mol. The summed E-state index contributed by atoms with van der Waals surface area (Å²) in [4.78, 5) is 12.5. The van der Waals surface area contributed by atoms with Gasteiger partial charge < -0.3 is 23.0 Å². The lowest BCUT2D eigenvalue weighted by molar-refractivity contribution is -0.896. The van der Waals surface area contributed by atoms with Crippen molar-refractivity contribution in [2.75, 3.05) is 20.8 Å². The molecule has 0 radical (unpaired) electrons. The maximum atomic E-state index is 10.5. The molecule has 1 aliphatic rings. The minimum absolute atomic E-state index is 0. The van der Waals surface area contributed by atoms with Crippen molar-refractivity contribution in [3.63, 3.8) is 0 Å². The van der Waals surface area contributed by atoms with E-state index in [-0.39, 0.29) is 12.4 Å². The maximum Gasteiger partial charge on any atom is 0.356 e. The summed E-state index contributed by atoms with van der Waals surface area (Å²) in [6.07, 6.45) is 3.76. The summed E-state index contributed by atoms with van der Waals surface area (Å²) in [5.74, 6) is 0. The van der Waals surface area contributed by atoms with Crippen molar-refractivity contribution >= 4 is 6.03 Å². The van der Waals surface area contributed by atoms with Crippen LogP contribution in [0, 0.1) is 0 Å². The fourth-order valence-corrected chi connectivity index (χ4v) is 1.14. The molecule has 0 aromatic heterocycles. The fourth-order valence-electron chi connectivity index (χ4n) is 1.14. The van der Waals surface area contributed by atoms with Crippen molar-refractivity contribution < 1.29 is 21.8 Å². The lowest BCUT2D eigenvalue weighted by atomic mass is 10.8. The minimum atomic E-state index is -0.507. The number of nitrogens with one attached hydrogen (secondary N) is 1. The number of rotatable bonds is 1. The van der Waals surface area contributed by atoms with Gasteiger partial charge in [0.1, 0.15) is 6.20 Å². The quantitative estimate of drug-likeness (QED) is 0.422. The molecule has 1 rings (SSSR count). The van der Waals surface area contributed by atoms with Gasteiger partial charge in [-0.05, 0) is 0 Å². The number of primary amides is 1. The molecule has 2 amide bonds. The van der Waals surface area contributed by atoms with E-state index in [2.05, 4.69) is 5.43 Å². The van der Waals surface area contributed by atoms with Gasteiger partial charge in [-0.3, -0.25) is 0 Å². The van der Waals surface area contributed by atoms with E-state index in [1.54, 1.807) is 0 Å². The standard InChI is InChI=1S/C6H12N4O.ClH/c1-9-3-4-10(2,5-9)8-6(7)11;/h3-4H,5H2,1-2H3,(H2-,7,8,11);1H. The zero-order chi connectivity index (χ0) is 8.48. The lowest BCUT2D eigenvalue weighted by Crippen LogP contribution is -3.00. The number of carbonyl (C=O) groups excluding carboxylic acids is 1. The third-order valence-electron chi connectivity index (χ3n) is 1.53. The molecule has 1 heterocycles. The van der Waals surface area contributed by atoms with Crippen molar-refractivity contribution in [1.29, 1.82) is 0 Å². The second kappa shape index (κ2) is 3.64. The number of amides is 2. The van der Waals surface area contributed by atoms with Gasteiger partial charge in [0.05, 0.1) is 13.2 Å². The number of nitrogens with zero attached hydrogens (tertiary/aromatic N) is 2. The molecular weight excluding hydrogens is 180 g/mol. The number of halogens is 1. The van der Waals surface area contributed by atoms with E-state index < -0.39 is 6.03 Å². The minimum Gasteiger partial charge on any atom is -1.00 e. The summed E-state index contributed by atoms with van der Waals surface area (Å²) >= 11 is 0. The Hall–Kier alpha value is -0.940. The number of quaternary nitrogens is 1. The van der Waals surface area contributed by atoms with Gasteiger partial charge in [-0.2, -0.15) is 10.0 Å². The highest BCUT2D eigenvalue weighted by Gasteiger charge is 2.26. The first-order chi connectivity index (χ1) is 5.02. The van der Waals surface area contributed by atoms with Crippen molar-refractivity contribution in [3.8, 4) is 0 Å². The summed E-state index contributed by atoms with van der Waals surface area (Å²) in [6.45, 7) is 0.711. The number of hydrogen-bond acceptors (Lipinski definition) is 2. The molecule has 0 bridgehead atoms. The Bertz CT molecular complexity index is 208. The topological polar surface area (TPSA) is 58.4 Å².